The van der Waals surface area contributed by atoms with E-state index < -0.39 is 17.7 Å². The summed E-state index contributed by atoms with van der Waals surface area (Å²) in [6, 6.07) is 0. The fourth-order valence-corrected chi connectivity index (χ4v) is 1.18. The zero-order valence-electron chi connectivity index (χ0n) is 8.79. The molecule has 0 aromatic carbocycles. The third-order valence-corrected chi connectivity index (χ3v) is 2.04. The molecule has 0 atom stereocenters. The van der Waals surface area contributed by atoms with Crippen LogP contribution in [0, 0.1) is 11.8 Å². The summed E-state index contributed by atoms with van der Waals surface area (Å²) in [6.45, 7) is 4.49. The molecule has 84 valence electrons. The van der Waals surface area contributed by atoms with Crippen LogP contribution >= 0.6 is 0 Å². The molecule has 1 rings (SSSR count). The van der Waals surface area contributed by atoms with Gasteiger partial charge >= 0.3 is 0 Å². The van der Waals surface area contributed by atoms with Crippen molar-refractivity contribution in [2.75, 3.05) is 6.54 Å². The van der Waals surface area contributed by atoms with Gasteiger partial charge < -0.3 is 5.32 Å². The fourth-order valence-electron chi connectivity index (χ4n) is 1.18. The Kier molecular flexibility index (Phi) is 3.65. The van der Waals surface area contributed by atoms with E-state index in [-0.39, 0.29) is 12.3 Å². The normalized spacial score (nSPS) is 16.5. The highest BCUT2D eigenvalue weighted by atomic mass is 16.2. The predicted octanol–water partition coefficient (Wildman–Crippen LogP) is -1.07. The second kappa shape index (κ2) is 4.77. The van der Waals surface area contributed by atoms with Gasteiger partial charge in [-0.2, -0.15) is 0 Å². The molecule has 1 aliphatic heterocycles. The van der Waals surface area contributed by atoms with E-state index in [1.54, 1.807) is 0 Å². The molecule has 1 saturated heterocycles. The first-order valence-corrected chi connectivity index (χ1v) is 4.87. The van der Waals surface area contributed by atoms with E-state index in [0.717, 1.165) is 0 Å². The van der Waals surface area contributed by atoms with Crippen LogP contribution in [0.4, 0.5) is 0 Å². The molecule has 0 aliphatic carbocycles. The summed E-state index contributed by atoms with van der Waals surface area (Å²) in [5.41, 5.74) is 4.34. The lowest BCUT2D eigenvalue weighted by atomic mass is 10.1. The topological polar surface area (TPSA) is 87.3 Å². The van der Waals surface area contributed by atoms with Crippen LogP contribution in [0.1, 0.15) is 20.3 Å². The van der Waals surface area contributed by atoms with Crippen molar-refractivity contribution in [1.29, 1.82) is 0 Å². The summed E-state index contributed by atoms with van der Waals surface area (Å²) in [6.07, 6.45) is -0.0929. The smallest absolute Gasteiger partial charge is 0.251 e. The van der Waals surface area contributed by atoms with Gasteiger partial charge in [0.2, 0.25) is 5.91 Å². The molecular formula is C9H15N3O3. The van der Waals surface area contributed by atoms with E-state index >= 15 is 0 Å². The summed E-state index contributed by atoms with van der Waals surface area (Å²) in [7, 11) is 0. The highest BCUT2D eigenvalue weighted by molar-refractivity contribution is 6.07. The van der Waals surface area contributed by atoms with Gasteiger partial charge in [0, 0.05) is 13.0 Å². The van der Waals surface area contributed by atoms with Crippen LogP contribution in [0.25, 0.3) is 0 Å². The first-order valence-electron chi connectivity index (χ1n) is 4.87. The van der Waals surface area contributed by atoms with Crippen molar-refractivity contribution >= 4 is 17.7 Å². The average Bonchev–Trinajstić information content (AvgIpc) is 2.46. The Labute approximate surface area is 87.8 Å². The minimum absolute atomic E-state index is 0.0929. The first kappa shape index (κ1) is 11.5. The number of carbonyl (C=O) groups excluding carboxylic acids is 3. The van der Waals surface area contributed by atoms with Gasteiger partial charge in [-0.05, 0) is 5.92 Å². The molecule has 0 spiro atoms. The van der Waals surface area contributed by atoms with Gasteiger partial charge in [-0.1, -0.05) is 13.8 Å². The van der Waals surface area contributed by atoms with Crippen molar-refractivity contribution in [3.8, 4) is 0 Å². The molecule has 15 heavy (non-hydrogen) atoms. The Bertz CT molecular complexity index is 272. The summed E-state index contributed by atoms with van der Waals surface area (Å²) in [4.78, 5) is 33.5. The molecule has 3 N–H and O–H groups in total. The maximum Gasteiger partial charge on any atom is 0.251 e. The minimum Gasteiger partial charge on any atom is -0.356 e. The van der Waals surface area contributed by atoms with Crippen LogP contribution in [0.5, 0.6) is 0 Å². The Morgan fingerprint density at radius 1 is 1.33 bits per heavy atom. The fraction of sp³-hybridized carbons (Fsp3) is 0.667. The van der Waals surface area contributed by atoms with Crippen molar-refractivity contribution in [2.24, 2.45) is 11.8 Å². The van der Waals surface area contributed by atoms with Crippen molar-refractivity contribution in [1.82, 2.24) is 16.2 Å². The van der Waals surface area contributed by atoms with Gasteiger partial charge in [-0.25, -0.2) is 0 Å². The van der Waals surface area contributed by atoms with Crippen LogP contribution in [0.15, 0.2) is 0 Å². The van der Waals surface area contributed by atoms with Crippen LogP contribution < -0.4 is 16.2 Å². The maximum atomic E-state index is 11.3. The Balaban J connectivity index is 2.37. The molecule has 1 aliphatic rings. The zero-order chi connectivity index (χ0) is 11.4. The third kappa shape index (κ3) is 3.23. The van der Waals surface area contributed by atoms with E-state index in [1.807, 2.05) is 13.8 Å². The minimum atomic E-state index is -0.892. The van der Waals surface area contributed by atoms with Crippen molar-refractivity contribution in [2.45, 2.75) is 20.3 Å². The monoisotopic (exact) mass is 213 g/mol. The van der Waals surface area contributed by atoms with E-state index in [9.17, 15) is 14.4 Å². The number of hydrazine groups is 1. The lowest BCUT2D eigenvalue weighted by molar-refractivity contribution is -0.133. The molecule has 0 unspecified atom stereocenters. The lowest BCUT2D eigenvalue weighted by Gasteiger charge is -2.08. The zero-order valence-corrected chi connectivity index (χ0v) is 8.79. The maximum absolute atomic E-state index is 11.3. The van der Waals surface area contributed by atoms with Gasteiger partial charge in [-0.15, -0.1) is 0 Å². The highest BCUT2D eigenvalue weighted by Gasteiger charge is 2.34. The number of amides is 3. The van der Waals surface area contributed by atoms with E-state index in [1.165, 1.54) is 0 Å². The van der Waals surface area contributed by atoms with Gasteiger partial charge in [-0.3, -0.25) is 25.2 Å². The second-order valence-electron chi connectivity index (χ2n) is 3.93. The van der Waals surface area contributed by atoms with E-state index in [4.69, 9.17) is 0 Å². The Hall–Kier alpha value is -1.59. The molecule has 0 bridgehead atoms. The molecule has 0 saturated carbocycles. The molecule has 1 fully saturated rings. The third-order valence-electron chi connectivity index (χ3n) is 2.04. The standard InChI is InChI=1S/C9H15N3O3/c1-5(2)4-10-7(13)3-6-8(14)11-12-9(6)15/h5-6H,3-4H2,1-2H3,(H,10,13)(H,11,14)(H,12,15). The molecule has 0 aromatic rings. The number of nitrogens with one attached hydrogen (secondary N) is 3. The Morgan fingerprint density at radius 2 is 1.87 bits per heavy atom. The molecular weight excluding hydrogens is 198 g/mol. The molecule has 6 heteroatoms. The second-order valence-corrected chi connectivity index (χ2v) is 3.93. The van der Waals surface area contributed by atoms with Gasteiger partial charge in [0.05, 0.1) is 0 Å². The predicted molar refractivity (Wildman–Crippen MR) is 52.2 cm³/mol. The molecule has 0 radical (unpaired) electrons. The summed E-state index contributed by atoms with van der Waals surface area (Å²) in [5, 5.41) is 2.65. The summed E-state index contributed by atoms with van der Waals surface area (Å²) in [5.74, 6) is -1.71. The SMILES string of the molecule is CC(C)CNC(=O)CC1C(=O)NNC1=O. The van der Waals surface area contributed by atoms with Crippen LogP contribution in [-0.2, 0) is 14.4 Å². The van der Waals surface area contributed by atoms with Gasteiger partial charge in [0.25, 0.3) is 11.8 Å². The Morgan fingerprint density at radius 3 is 2.33 bits per heavy atom. The van der Waals surface area contributed by atoms with Crippen LogP contribution in [0.2, 0.25) is 0 Å². The summed E-state index contributed by atoms with van der Waals surface area (Å²) < 4.78 is 0. The summed E-state index contributed by atoms with van der Waals surface area (Å²) >= 11 is 0. The van der Waals surface area contributed by atoms with Crippen molar-refractivity contribution in [3.05, 3.63) is 0 Å². The van der Waals surface area contributed by atoms with Gasteiger partial charge in [0.1, 0.15) is 5.92 Å². The molecule has 0 aromatic heterocycles. The van der Waals surface area contributed by atoms with Crippen molar-refractivity contribution in [3.63, 3.8) is 0 Å². The van der Waals surface area contributed by atoms with Gasteiger partial charge in [0.15, 0.2) is 0 Å². The van der Waals surface area contributed by atoms with Crippen molar-refractivity contribution < 1.29 is 14.4 Å². The lowest BCUT2D eigenvalue weighted by Crippen LogP contribution is -2.32. The number of hydrogen-bond donors (Lipinski definition) is 3. The van der Waals surface area contributed by atoms with Crippen LogP contribution in [-0.4, -0.2) is 24.3 Å². The van der Waals surface area contributed by atoms with E-state index in [2.05, 4.69) is 16.2 Å². The molecule has 1 heterocycles. The number of rotatable bonds is 4. The quantitative estimate of drug-likeness (QED) is 0.519. The highest BCUT2D eigenvalue weighted by Crippen LogP contribution is 2.07. The van der Waals surface area contributed by atoms with E-state index in [0.29, 0.717) is 12.5 Å². The first-order chi connectivity index (χ1) is 7.00. The number of hydrogen-bond acceptors (Lipinski definition) is 3. The molecule has 6 nitrogen and oxygen atoms in total. The molecule has 3 amide bonds. The number of carbonyl (C=O) groups is 3. The van der Waals surface area contributed by atoms with Crippen LogP contribution in [0.3, 0.4) is 0 Å². The average molecular weight is 213 g/mol. The largest absolute Gasteiger partial charge is 0.356 e.